The molecule has 0 unspecified atom stereocenters. The van der Waals surface area contributed by atoms with E-state index in [-0.39, 0.29) is 24.3 Å². The second-order valence-electron chi connectivity index (χ2n) is 7.79. The highest BCUT2D eigenvalue weighted by Gasteiger charge is 2.38. The smallest absolute Gasteiger partial charge is 0.225 e. The van der Waals surface area contributed by atoms with Gasteiger partial charge in [-0.15, -0.1) is 0 Å². The fraction of sp³-hybridized carbons (Fsp3) is 0.944. The van der Waals surface area contributed by atoms with Crippen LogP contribution in [-0.4, -0.2) is 98.4 Å². The summed E-state index contributed by atoms with van der Waals surface area (Å²) in [4.78, 5) is 19.7. The predicted molar refractivity (Wildman–Crippen MR) is 92.7 cm³/mol. The van der Waals surface area contributed by atoms with Gasteiger partial charge in [0.25, 0.3) is 0 Å². The number of aliphatic hydroxyl groups excluding tert-OH is 1. The molecule has 1 N–H and O–H groups in total. The van der Waals surface area contributed by atoms with E-state index in [0.717, 1.165) is 52.1 Å². The van der Waals surface area contributed by atoms with Crippen molar-refractivity contribution >= 4 is 5.91 Å². The number of hydrogen-bond acceptors (Lipinski definition) is 5. The maximum atomic E-state index is 12.8. The van der Waals surface area contributed by atoms with Gasteiger partial charge in [-0.3, -0.25) is 4.79 Å². The Morgan fingerprint density at radius 2 is 1.83 bits per heavy atom. The fourth-order valence-corrected chi connectivity index (χ4v) is 4.35. The Morgan fingerprint density at radius 1 is 1.08 bits per heavy atom. The quantitative estimate of drug-likeness (QED) is 0.788. The van der Waals surface area contributed by atoms with E-state index in [4.69, 9.17) is 4.74 Å². The third-order valence-corrected chi connectivity index (χ3v) is 6.00. The van der Waals surface area contributed by atoms with E-state index in [1.807, 2.05) is 4.90 Å². The minimum atomic E-state index is 0.128. The van der Waals surface area contributed by atoms with E-state index >= 15 is 0 Å². The average Bonchev–Trinajstić information content (AvgIpc) is 2.91. The largest absolute Gasteiger partial charge is 0.396 e. The van der Waals surface area contributed by atoms with E-state index in [0.29, 0.717) is 19.1 Å². The Bertz CT molecular complexity index is 414. The molecule has 6 heteroatoms. The highest BCUT2D eigenvalue weighted by Crippen LogP contribution is 2.28. The van der Waals surface area contributed by atoms with Gasteiger partial charge in [-0.2, -0.15) is 0 Å². The zero-order chi connectivity index (χ0) is 16.9. The summed E-state index contributed by atoms with van der Waals surface area (Å²) in [6, 6.07) is 0. The van der Waals surface area contributed by atoms with Crippen molar-refractivity contribution in [1.29, 1.82) is 0 Å². The van der Waals surface area contributed by atoms with E-state index in [1.54, 1.807) is 0 Å². The SMILES string of the molecule is CN1CCCN(C[C@@H]2CN(C(=O)C3CCOCC3)C[C@@H]2CO)CC1. The zero-order valence-corrected chi connectivity index (χ0v) is 15.0. The molecule has 3 rings (SSSR count). The molecule has 0 aromatic rings. The van der Waals surface area contributed by atoms with Gasteiger partial charge in [0.05, 0.1) is 0 Å². The Morgan fingerprint density at radius 3 is 2.58 bits per heavy atom. The predicted octanol–water partition coefficient (Wildman–Crippen LogP) is 0.117. The number of hydrogen-bond donors (Lipinski definition) is 1. The Balaban J connectivity index is 1.54. The second-order valence-corrected chi connectivity index (χ2v) is 7.79. The number of likely N-dealkylation sites (tertiary alicyclic amines) is 1. The van der Waals surface area contributed by atoms with Crippen LogP contribution in [0, 0.1) is 17.8 Å². The summed E-state index contributed by atoms with van der Waals surface area (Å²) < 4.78 is 5.38. The number of nitrogens with zero attached hydrogens (tertiary/aromatic N) is 3. The van der Waals surface area contributed by atoms with Gasteiger partial charge < -0.3 is 24.5 Å². The molecule has 3 aliphatic rings. The average molecular weight is 339 g/mol. The molecule has 2 atom stereocenters. The molecule has 0 bridgehead atoms. The van der Waals surface area contributed by atoms with Crippen molar-refractivity contribution in [3.05, 3.63) is 0 Å². The number of aliphatic hydroxyl groups is 1. The van der Waals surface area contributed by atoms with E-state index in [1.165, 1.54) is 13.0 Å². The van der Waals surface area contributed by atoms with E-state index in [2.05, 4.69) is 16.8 Å². The lowest BCUT2D eigenvalue weighted by atomic mass is 9.96. The number of carbonyl (C=O) groups is 1. The molecule has 1 amide bonds. The van der Waals surface area contributed by atoms with Crippen molar-refractivity contribution in [3.63, 3.8) is 0 Å². The molecule has 0 radical (unpaired) electrons. The van der Waals surface area contributed by atoms with Crippen LogP contribution in [0.4, 0.5) is 0 Å². The topological polar surface area (TPSA) is 56.2 Å². The molecule has 0 spiro atoms. The number of amides is 1. The van der Waals surface area contributed by atoms with Crippen LogP contribution in [0.15, 0.2) is 0 Å². The van der Waals surface area contributed by atoms with Gasteiger partial charge in [0.1, 0.15) is 0 Å². The van der Waals surface area contributed by atoms with Crippen molar-refractivity contribution in [3.8, 4) is 0 Å². The lowest BCUT2D eigenvalue weighted by Crippen LogP contribution is -2.38. The van der Waals surface area contributed by atoms with Crippen LogP contribution in [-0.2, 0) is 9.53 Å². The van der Waals surface area contributed by atoms with Crippen LogP contribution in [0.5, 0.6) is 0 Å². The number of likely N-dealkylation sites (N-methyl/N-ethyl adjacent to an activating group) is 1. The normalized spacial score (nSPS) is 31.3. The maximum absolute atomic E-state index is 12.8. The van der Waals surface area contributed by atoms with E-state index < -0.39 is 0 Å². The van der Waals surface area contributed by atoms with Crippen molar-refractivity contribution in [2.24, 2.45) is 17.8 Å². The monoisotopic (exact) mass is 339 g/mol. The molecular weight excluding hydrogens is 306 g/mol. The first-order chi connectivity index (χ1) is 11.7. The Kier molecular flexibility index (Phi) is 6.49. The third-order valence-electron chi connectivity index (χ3n) is 6.00. The standard InChI is InChI=1S/C18H33N3O3/c1-19-5-2-6-20(8-7-19)11-16-12-21(13-17(16)14-22)18(23)15-3-9-24-10-4-15/h15-17,22H,2-14H2,1H3/t16-,17-/m1/s1. The van der Waals surface area contributed by atoms with Crippen molar-refractivity contribution < 1.29 is 14.6 Å². The first-order valence-electron chi connectivity index (χ1n) is 9.55. The van der Waals surface area contributed by atoms with Crippen LogP contribution in [0.3, 0.4) is 0 Å². The number of ether oxygens (including phenoxy) is 1. The maximum Gasteiger partial charge on any atom is 0.225 e. The first-order valence-corrected chi connectivity index (χ1v) is 9.55. The molecule has 3 aliphatic heterocycles. The van der Waals surface area contributed by atoms with Crippen LogP contribution >= 0.6 is 0 Å². The van der Waals surface area contributed by atoms with Crippen molar-refractivity contribution in [1.82, 2.24) is 14.7 Å². The molecule has 0 aliphatic carbocycles. The van der Waals surface area contributed by atoms with Crippen LogP contribution in [0.25, 0.3) is 0 Å². The third kappa shape index (κ3) is 4.48. The summed E-state index contributed by atoms with van der Waals surface area (Å²) >= 11 is 0. The van der Waals surface area contributed by atoms with Crippen molar-refractivity contribution in [2.45, 2.75) is 19.3 Å². The van der Waals surface area contributed by atoms with Gasteiger partial charge in [0.2, 0.25) is 5.91 Å². The summed E-state index contributed by atoms with van der Waals surface area (Å²) in [7, 11) is 2.18. The highest BCUT2D eigenvalue weighted by atomic mass is 16.5. The Labute approximate surface area is 145 Å². The highest BCUT2D eigenvalue weighted by molar-refractivity contribution is 5.79. The Hall–Kier alpha value is -0.690. The van der Waals surface area contributed by atoms with Gasteiger partial charge in [0.15, 0.2) is 0 Å². The molecular formula is C18H33N3O3. The first kappa shape index (κ1) is 18.1. The molecule has 3 fully saturated rings. The summed E-state index contributed by atoms with van der Waals surface area (Å²) in [6.07, 6.45) is 2.90. The van der Waals surface area contributed by atoms with Crippen LogP contribution < -0.4 is 0 Å². The number of rotatable bonds is 4. The molecule has 0 aromatic heterocycles. The lowest BCUT2D eigenvalue weighted by Gasteiger charge is -2.27. The summed E-state index contributed by atoms with van der Waals surface area (Å²) in [6.45, 7) is 8.66. The van der Waals surface area contributed by atoms with Gasteiger partial charge in [-0.1, -0.05) is 0 Å². The zero-order valence-electron chi connectivity index (χ0n) is 15.0. The summed E-state index contributed by atoms with van der Waals surface area (Å²) in [5.74, 6) is 1.05. The molecule has 138 valence electrons. The molecule has 24 heavy (non-hydrogen) atoms. The van der Waals surface area contributed by atoms with E-state index in [9.17, 15) is 9.90 Å². The fourth-order valence-electron chi connectivity index (χ4n) is 4.35. The lowest BCUT2D eigenvalue weighted by molar-refractivity contribution is -0.137. The van der Waals surface area contributed by atoms with Crippen LogP contribution in [0.2, 0.25) is 0 Å². The second kappa shape index (κ2) is 8.61. The molecule has 0 saturated carbocycles. The van der Waals surface area contributed by atoms with Crippen LogP contribution in [0.1, 0.15) is 19.3 Å². The van der Waals surface area contributed by atoms with Crippen molar-refractivity contribution in [2.75, 3.05) is 72.7 Å². The van der Waals surface area contributed by atoms with Gasteiger partial charge in [-0.05, 0) is 45.3 Å². The molecule has 3 saturated heterocycles. The summed E-state index contributed by atoms with van der Waals surface area (Å²) in [5.41, 5.74) is 0. The van der Waals surface area contributed by atoms with Gasteiger partial charge >= 0.3 is 0 Å². The molecule has 6 nitrogen and oxygen atoms in total. The van der Waals surface area contributed by atoms with Gasteiger partial charge in [-0.25, -0.2) is 0 Å². The number of carbonyl (C=O) groups excluding carboxylic acids is 1. The minimum absolute atomic E-state index is 0.128. The minimum Gasteiger partial charge on any atom is -0.396 e. The molecule has 3 heterocycles. The molecule has 0 aromatic carbocycles. The van der Waals surface area contributed by atoms with Gasteiger partial charge in [0, 0.05) is 64.4 Å². The summed E-state index contributed by atoms with van der Waals surface area (Å²) in [5, 5.41) is 9.79.